The van der Waals surface area contributed by atoms with E-state index in [2.05, 4.69) is 60.0 Å². The fourth-order valence-corrected chi connectivity index (χ4v) is 11.7. The predicted octanol–water partition coefficient (Wildman–Crippen LogP) is 5.73. The first-order valence-corrected chi connectivity index (χ1v) is 18.2. The molecule has 0 saturated heterocycles. The zero-order valence-electron chi connectivity index (χ0n) is 26.8. The molecule has 0 fully saturated rings. The number of anilines is 1. The Balaban J connectivity index is 1.86. The maximum atomic E-state index is 14.2. The van der Waals surface area contributed by atoms with Crippen LogP contribution in [-0.2, 0) is 18.0 Å². The number of rotatable bonds is 13. The van der Waals surface area contributed by atoms with Gasteiger partial charge in [0.2, 0.25) is 5.65 Å². The van der Waals surface area contributed by atoms with Gasteiger partial charge in [-0.1, -0.05) is 81.4 Å². The zero-order chi connectivity index (χ0) is 32.1. The molecule has 0 aliphatic rings. The first kappa shape index (κ1) is 33.5. The molecule has 2 aromatic carbocycles. The number of fused-ring (bicyclic) bond motifs is 1. The number of hydrogen-bond acceptors (Lipinski definition) is 9. The van der Waals surface area contributed by atoms with Crippen molar-refractivity contribution in [3.8, 4) is 0 Å². The molecule has 2 aromatic heterocycles. The summed E-state index contributed by atoms with van der Waals surface area (Å²) in [6.45, 7) is 15.7. The van der Waals surface area contributed by atoms with Gasteiger partial charge in [0.25, 0.3) is 8.32 Å². The van der Waals surface area contributed by atoms with E-state index in [1.807, 2.05) is 70.2 Å². The third-order valence-corrected chi connectivity index (χ3v) is 14.5. The molecule has 2 N–H and O–H groups in total. The summed E-state index contributed by atoms with van der Waals surface area (Å²) in [6.07, 6.45) is 3.35. The van der Waals surface area contributed by atoms with Gasteiger partial charge in [-0.2, -0.15) is 4.73 Å². The molecule has 1 unspecified atom stereocenters. The van der Waals surface area contributed by atoms with Gasteiger partial charge < -0.3 is 24.0 Å². The standard InChI is InChI=1S/C32H44N5O5PSi/c1-23(2)40-43(38,41-24(3)4)25(5)19-26(20-39-37-22-36-29-30(33)34-21-35-31(29)37)42-44(32(6,7)8,27-15-11-9-12-16-27)28-17-13-10-14-18-28/h9-19,21-24,26H,20H2,1-8H3,(H2,33,34,35)/b25-19+. The Morgan fingerprint density at radius 3 is 1.98 bits per heavy atom. The van der Waals surface area contributed by atoms with Gasteiger partial charge in [0.15, 0.2) is 11.3 Å². The fraction of sp³-hybridized carbons (Fsp3) is 0.406. The lowest BCUT2D eigenvalue weighted by Gasteiger charge is -2.44. The van der Waals surface area contributed by atoms with E-state index in [-0.39, 0.29) is 29.7 Å². The van der Waals surface area contributed by atoms with Gasteiger partial charge >= 0.3 is 7.60 Å². The van der Waals surface area contributed by atoms with Crippen LogP contribution in [0, 0.1) is 0 Å². The van der Waals surface area contributed by atoms with Crippen molar-refractivity contribution >= 4 is 43.3 Å². The topological polar surface area (TPSA) is 124 Å². The van der Waals surface area contributed by atoms with Crippen LogP contribution in [0.3, 0.4) is 0 Å². The summed E-state index contributed by atoms with van der Waals surface area (Å²) in [7, 11) is -6.72. The van der Waals surface area contributed by atoms with Crippen LogP contribution in [0.1, 0.15) is 55.4 Å². The molecule has 1 atom stereocenters. The molecule has 236 valence electrons. The molecular formula is C32H44N5O5PSi. The molecule has 0 aliphatic carbocycles. The summed E-state index contributed by atoms with van der Waals surface area (Å²) >= 11 is 0. The highest BCUT2D eigenvalue weighted by Gasteiger charge is 2.51. The maximum Gasteiger partial charge on any atom is 0.357 e. The Morgan fingerprint density at radius 1 is 0.932 bits per heavy atom. The molecule has 0 radical (unpaired) electrons. The Labute approximate surface area is 261 Å². The second-order valence-electron chi connectivity index (χ2n) is 12.2. The van der Waals surface area contributed by atoms with E-state index < -0.39 is 22.0 Å². The average molecular weight is 638 g/mol. The molecule has 0 amide bonds. The summed E-state index contributed by atoms with van der Waals surface area (Å²) in [5.41, 5.74) is 6.87. The molecule has 10 nitrogen and oxygen atoms in total. The van der Waals surface area contributed by atoms with Crippen molar-refractivity contribution in [1.82, 2.24) is 19.7 Å². The van der Waals surface area contributed by atoms with Crippen LogP contribution in [0.2, 0.25) is 5.04 Å². The van der Waals surface area contributed by atoms with Crippen molar-refractivity contribution in [2.45, 2.75) is 78.7 Å². The SMILES string of the molecule is C/C(=C\C(COn1cnc2c(N)ncnc21)O[Si](c1ccccc1)(c1ccccc1)C(C)(C)C)P(=O)(OC(C)C)OC(C)C. The van der Waals surface area contributed by atoms with Crippen molar-refractivity contribution in [2.75, 3.05) is 12.3 Å². The third-order valence-electron chi connectivity index (χ3n) is 7.01. The molecule has 4 aromatic rings. The van der Waals surface area contributed by atoms with Crippen LogP contribution in [0.25, 0.3) is 11.2 Å². The normalized spacial score (nSPS) is 14.0. The van der Waals surface area contributed by atoms with Gasteiger partial charge in [0.05, 0.1) is 12.2 Å². The van der Waals surface area contributed by atoms with Gasteiger partial charge in [-0.25, -0.2) is 15.0 Å². The number of nitrogen functional groups attached to an aromatic ring is 1. The second-order valence-corrected chi connectivity index (χ2v) is 18.6. The van der Waals surface area contributed by atoms with Gasteiger partial charge in [-0.15, -0.1) is 0 Å². The largest absolute Gasteiger partial charge is 0.408 e. The van der Waals surface area contributed by atoms with Crippen molar-refractivity contribution in [3.63, 3.8) is 0 Å². The van der Waals surface area contributed by atoms with Crippen molar-refractivity contribution in [1.29, 1.82) is 0 Å². The first-order valence-electron chi connectivity index (χ1n) is 14.8. The van der Waals surface area contributed by atoms with Crippen molar-refractivity contribution in [2.24, 2.45) is 0 Å². The van der Waals surface area contributed by atoms with E-state index in [1.165, 1.54) is 17.4 Å². The summed E-state index contributed by atoms with van der Waals surface area (Å²) in [6, 6.07) is 20.6. The number of hydrogen-bond donors (Lipinski definition) is 1. The minimum atomic E-state index is -3.67. The van der Waals surface area contributed by atoms with E-state index >= 15 is 0 Å². The van der Waals surface area contributed by atoms with Gasteiger partial charge in [0.1, 0.15) is 25.4 Å². The van der Waals surface area contributed by atoms with Crippen molar-refractivity contribution < 1.29 is 22.9 Å². The highest BCUT2D eigenvalue weighted by atomic mass is 31.2. The monoisotopic (exact) mass is 637 g/mol. The van der Waals surface area contributed by atoms with Crippen LogP contribution in [0.15, 0.2) is 84.7 Å². The van der Waals surface area contributed by atoms with Crippen molar-refractivity contribution in [3.05, 3.63) is 84.7 Å². The summed E-state index contributed by atoms with van der Waals surface area (Å²) in [4.78, 5) is 18.9. The van der Waals surface area contributed by atoms with Gasteiger partial charge in [-0.3, -0.25) is 4.57 Å². The average Bonchev–Trinajstić information content (AvgIpc) is 3.38. The zero-order valence-corrected chi connectivity index (χ0v) is 28.7. The lowest BCUT2D eigenvalue weighted by molar-refractivity contribution is 0.0574. The van der Waals surface area contributed by atoms with E-state index in [4.69, 9.17) is 24.0 Å². The lowest BCUT2D eigenvalue weighted by Crippen LogP contribution is -2.68. The third kappa shape index (κ3) is 7.30. The molecule has 2 heterocycles. The molecule has 0 saturated carbocycles. The minimum absolute atomic E-state index is 0.0422. The van der Waals surface area contributed by atoms with Crippen LogP contribution in [0.4, 0.5) is 5.82 Å². The molecule has 4 rings (SSSR count). The number of imidazole rings is 1. The number of allylic oxidation sites excluding steroid dienone is 1. The lowest BCUT2D eigenvalue weighted by atomic mass is 10.2. The predicted molar refractivity (Wildman–Crippen MR) is 177 cm³/mol. The fourth-order valence-electron chi connectivity index (χ4n) is 5.22. The Hall–Kier alpha value is -3.34. The van der Waals surface area contributed by atoms with Gasteiger partial charge in [-0.05, 0) is 56.1 Å². The Bertz CT molecular complexity index is 1550. The molecule has 0 spiro atoms. The highest BCUT2D eigenvalue weighted by Crippen LogP contribution is 2.58. The summed E-state index contributed by atoms with van der Waals surface area (Å²) in [5, 5.41) is 2.33. The van der Waals surface area contributed by atoms with E-state index in [9.17, 15) is 4.57 Å². The Kier molecular flexibility index (Phi) is 10.5. The number of nitrogens with two attached hydrogens (primary N) is 1. The Morgan fingerprint density at radius 2 is 1.48 bits per heavy atom. The second kappa shape index (κ2) is 13.7. The van der Waals surface area contributed by atoms with Crippen LogP contribution in [0.5, 0.6) is 0 Å². The van der Waals surface area contributed by atoms with E-state index in [0.717, 1.165) is 10.4 Å². The summed E-state index contributed by atoms with van der Waals surface area (Å²) in [5.74, 6) is 0.255. The number of aromatic nitrogens is 4. The molecule has 12 heteroatoms. The molecule has 0 aliphatic heterocycles. The highest BCUT2D eigenvalue weighted by molar-refractivity contribution is 7.58. The summed E-state index contributed by atoms with van der Waals surface area (Å²) < 4.78 is 34.9. The smallest absolute Gasteiger partial charge is 0.357 e. The van der Waals surface area contributed by atoms with Crippen LogP contribution in [-0.4, -0.2) is 52.9 Å². The number of benzene rings is 2. The van der Waals surface area contributed by atoms with Crippen LogP contribution >= 0.6 is 7.60 Å². The van der Waals surface area contributed by atoms with Gasteiger partial charge in [0, 0.05) is 5.31 Å². The minimum Gasteiger partial charge on any atom is -0.408 e. The molecule has 0 bridgehead atoms. The maximum absolute atomic E-state index is 14.2. The van der Waals surface area contributed by atoms with E-state index in [0.29, 0.717) is 16.5 Å². The molecular weight excluding hydrogens is 593 g/mol. The number of nitrogens with zero attached hydrogens (tertiary/aromatic N) is 4. The quantitative estimate of drug-likeness (QED) is 0.145. The molecule has 44 heavy (non-hydrogen) atoms. The van der Waals surface area contributed by atoms with Crippen LogP contribution < -0.4 is 20.9 Å². The first-order chi connectivity index (χ1) is 20.8. The van der Waals surface area contributed by atoms with E-state index in [1.54, 1.807) is 6.92 Å².